The van der Waals surface area contributed by atoms with Crippen LogP contribution >= 0.6 is 0 Å². The summed E-state index contributed by atoms with van der Waals surface area (Å²) in [5.74, 6) is 0.102. The molecule has 1 aliphatic heterocycles. The molecule has 3 rings (SSSR count). The maximum absolute atomic E-state index is 11.8. The Kier molecular flexibility index (Phi) is 4.52. The van der Waals surface area contributed by atoms with E-state index in [0.29, 0.717) is 11.5 Å². The average Bonchev–Trinajstić information content (AvgIpc) is 2.76. The third-order valence-electron chi connectivity index (χ3n) is 5.86. The Labute approximate surface area is 145 Å². The quantitative estimate of drug-likeness (QED) is 0.867. The van der Waals surface area contributed by atoms with E-state index in [-0.39, 0.29) is 0 Å². The monoisotopic (exact) mass is 329 g/mol. The van der Waals surface area contributed by atoms with Crippen molar-refractivity contribution in [3.8, 4) is 0 Å². The molecule has 1 amide bonds. The first-order valence-corrected chi connectivity index (χ1v) is 9.00. The summed E-state index contributed by atoms with van der Waals surface area (Å²) in [7, 11) is -0.461. The number of hydrogen-bond acceptors (Lipinski definition) is 3. The highest BCUT2D eigenvalue weighted by molar-refractivity contribution is 6.62. The predicted octanol–water partition coefficient (Wildman–Crippen LogP) is 3.13. The molecule has 1 aromatic carbocycles. The highest BCUT2D eigenvalue weighted by Crippen LogP contribution is 2.37. The van der Waals surface area contributed by atoms with Gasteiger partial charge in [-0.1, -0.05) is 25.3 Å². The van der Waals surface area contributed by atoms with E-state index in [0.717, 1.165) is 5.46 Å². The molecule has 24 heavy (non-hydrogen) atoms. The second-order valence-corrected chi connectivity index (χ2v) is 8.18. The summed E-state index contributed by atoms with van der Waals surface area (Å²) in [5.41, 5.74) is 7.40. The van der Waals surface area contributed by atoms with Gasteiger partial charge in [-0.05, 0) is 69.6 Å². The van der Waals surface area contributed by atoms with Crippen LogP contribution in [0.3, 0.4) is 0 Å². The van der Waals surface area contributed by atoms with Gasteiger partial charge in [0.1, 0.15) is 0 Å². The van der Waals surface area contributed by atoms with E-state index in [9.17, 15) is 4.79 Å². The standard InChI is InChI=1S/C19H28BNO3/c1-18(2)19(3,4)24-20(23-18)16-11-14(10-15(12-16)17(21)22)13-8-6-5-7-9-13/h10-13H,5-9H2,1-4H3,(H2,21,22). The van der Waals surface area contributed by atoms with Crippen molar-refractivity contribution in [1.82, 2.24) is 0 Å². The summed E-state index contributed by atoms with van der Waals surface area (Å²) < 4.78 is 12.3. The lowest BCUT2D eigenvalue weighted by Gasteiger charge is -2.32. The van der Waals surface area contributed by atoms with Crippen LogP contribution in [0.5, 0.6) is 0 Å². The SMILES string of the molecule is CC1(C)OB(c2cc(C(N)=O)cc(C3CCCCC3)c2)OC1(C)C. The van der Waals surface area contributed by atoms with Crippen molar-refractivity contribution >= 4 is 18.5 Å². The Morgan fingerprint density at radius 1 is 1.04 bits per heavy atom. The summed E-state index contributed by atoms with van der Waals surface area (Å²) in [6.45, 7) is 8.14. The van der Waals surface area contributed by atoms with Crippen molar-refractivity contribution < 1.29 is 14.1 Å². The number of carbonyl (C=O) groups is 1. The number of hydrogen-bond donors (Lipinski definition) is 1. The van der Waals surface area contributed by atoms with E-state index in [1.165, 1.54) is 37.7 Å². The summed E-state index contributed by atoms with van der Waals surface area (Å²) >= 11 is 0. The fourth-order valence-electron chi connectivity index (χ4n) is 3.61. The molecule has 0 aromatic heterocycles. The molecule has 1 heterocycles. The fraction of sp³-hybridized carbons (Fsp3) is 0.632. The normalized spacial score (nSPS) is 23.4. The Balaban J connectivity index is 1.95. The number of carbonyl (C=O) groups excluding carboxylic acids is 1. The minimum Gasteiger partial charge on any atom is -0.399 e. The van der Waals surface area contributed by atoms with Crippen molar-refractivity contribution in [3.63, 3.8) is 0 Å². The molecular weight excluding hydrogens is 301 g/mol. The van der Waals surface area contributed by atoms with Gasteiger partial charge in [0.2, 0.25) is 5.91 Å². The molecule has 5 heteroatoms. The highest BCUT2D eigenvalue weighted by atomic mass is 16.7. The highest BCUT2D eigenvalue weighted by Gasteiger charge is 2.51. The van der Waals surface area contributed by atoms with Crippen LogP contribution in [0, 0.1) is 0 Å². The van der Waals surface area contributed by atoms with Crippen molar-refractivity contribution in [2.24, 2.45) is 5.73 Å². The zero-order valence-electron chi connectivity index (χ0n) is 15.2. The van der Waals surface area contributed by atoms with Crippen LogP contribution in [0.1, 0.15) is 81.6 Å². The molecule has 0 unspecified atom stereocenters. The third kappa shape index (κ3) is 3.24. The number of rotatable bonds is 3. The molecule has 130 valence electrons. The van der Waals surface area contributed by atoms with Crippen LogP contribution < -0.4 is 11.2 Å². The second-order valence-electron chi connectivity index (χ2n) is 8.18. The van der Waals surface area contributed by atoms with Crippen molar-refractivity contribution in [2.45, 2.75) is 76.9 Å². The lowest BCUT2D eigenvalue weighted by atomic mass is 9.74. The minimum absolute atomic E-state index is 0.397. The van der Waals surface area contributed by atoms with Gasteiger partial charge in [0.15, 0.2) is 0 Å². The zero-order chi connectivity index (χ0) is 17.5. The lowest BCUT2D eigenvalue weighted by molar-refractivity contribution is 0.00578. The molecule has 1 aromatic rings. The summed E-state index contributed by atoms with van der Waals surface area (Å²) in [5, 5.41) is 0. The van der Waals surface area contributed by atoms with Crippen LogP contribution in [-0.4, -0.2) is 24.2 Å². The van der Waals surface area contributed by atoms with Gasteiger partial charge in [0.25, 0.3) is 0 Å². The van der Waals surface area contributed by atoms with E-state index in [4.69, 9.17) is 15.0 Å². The van der Waals surface area contributed by atoms with Crippen molar-refractivity contribution in [2.75, 3.05) is 0 Å². The molecule has 0 radical (unpaired) electrons. The lowest BCUT2D eigenvalue weighted by Crippen LogP contribution is -2.41. The molecule has 4 nitrogen and oxygen atoms in total. The average molecular weight is 329 g/mol. The molecule has 1 saturated heterocycles. The van der Waals surface area contributed by atoms with Gasteiger partial charge in [-0.25, -0.2) is 0 Å². The van der Waals surface area contributed by atoms with E-state index in [1.807, 2.05) is 39.8 Å². The van der Waals surface area contributed by atoms with Gasteiger partial charge in [-0.3, -0.25) is 4.79 Å². The van der Waals surface area contributed by atoms with Crippen LogP contribution in [0.25, 0.3) is 0 Å². The molecule has 0 spiro atoms. The molecule has 2 aliphatic rings. The van der Waals surface area contributed by atoms with Crippen LogP contribution in [0.15, 0.2) is 18.2 Å². The summed E-state index contributed by atoms with van der Waals surface area (Å²) in [4.78, 5) is 11.8. The number of benzene rings is 1. The Hall–Kier alpha value is -1.33. The van der Waals surface area contributed by atoms with Crippen molar-refractivity contribution in [1.29, 1.82) is 0 Å². The van der Waals surface area contributed by atoms with E-state index in [1.54, 1.807) is 0 Å². The zero-order valence-corrected chi connectivity index (χ0v) is 15.2. The molecule has 0 bridgehead atoms. The maximum atomic E-state index is 11.8. The maximum Gasteiger partial charge on any atom is 0.494 e. The Bertz CT molecular complexity index is 619. The molecule has 1 saturated carbocycles. The molecule has 0 atom stereocenters. The molecule has 1 aliphatic carbocycles. The van der Waals surface area contributed by atoms with Gasteiger partial charge in [-0.2, -0.15) is 0 Å². The smallest absolute Gasteiger partial charge is 0.399 e. The van der Waals surface area contributed by atoms with Gasteiger partial charge >= 0.3 is 7.12 Å². The second kappa shape index (κ2) is 6.19. The summed E-state index contributed by atoms with van der Waals surface area (Å²) in [6.07, 6.45) is 6.14. The number of primary amides is 1. The molecule has 2 fully saturated rings. The van der Waals surface area contributed by atoms with E-state index in [2.05, 4.69) is 6.07 Å². The van der Waals surface area contributed by atoms with Gasteiger partial charge in [-0.15, -0.1) is 0 Å². The van der Waals surface area contributed by atoms with E-state index < -0.39 is 24.2 Å². The summed E-state index contributed by atoms with van der Waals surface area (Å²) in [6, 6.07) is 5.91. The molecule has 2 N–H and O–H groups in total. The first-order valence-electron chi connectivity index (χ1n) is 9.00. The van der Waals surface area contributed by atoms with Crippen LogP contribution in [-0.2, 0) is 9.31 Å². The van der Waals surface area contributed by atoms with Crippen LogP contribution in [0.4, 0.5) is 0 Å². The predicted molar refractivity (Wildman–Crippen MR) is 96.5 cm³/mol. The number of nitrogens with two attached hydrogens (primary N) is 1. The van der Waals surface area contributed by atoms with Gasteiger partial charge in [0, 0.05) is 5.56 Å². The van der Waals surface area contributed by atoms with Gasteiger partial charge in [0.05, 0.1) is 11.2 Å². The Morgan fingerprint density at radius 3 is 2.17 bits per heavy atom. The molecular formula is C19H28BNO3. The first kappa shape index (κ1) is 17.5. The van der Waals surface area contributed by atoms with Gasteiger partial charge < -0.3 is 15.0 Å². The van der Waals surface area contributed by atoms with E-state index >= 15 is 0 Å². The first-order chi connectivity index (χ1) is 11.2. The Morgan fingerprint density at radius 2 is 1.62 bits per heavy atom. The van der Waals surface area contributed by atoms with Crippen LogP contribution in [0.2, 0.25) is 0 Å². The van der Waals surface area contributed by atoms with Crippen molar-refractivity contribution in [3.05, 3.63) is 29.3 Å². The largest absolute Gasteiger partial charge is 0.494 e. The number of amides is 1. The minimum atomic E-state index is -0.461. The topological polar surface area (TPSA) is 61.5 Å². The third-order valence-corrected chi connectivity index (χ3v) is 5.86. The fourth-order valence-corrected chi connectivity index (χ4v) is 3.61.